The predicted molar refractivity (Wildman–Crippen MR) is 95.9 cm³/mol. The van der Waals surface area contributed by atoms with Crippen LogP contribution in [0.25, 0.3) is 0 Å². The van der Waals surface area contributed by atoms with Crippen molar-refractivity contribution in [3.63, 3.8) is 0 Å². The first kappa shape index (κ1) is 16.7. The average molecular weight is 334 g/mol. The number of rotatable bonds is 7. The van der Waals surface area contributed by atoms with Gasteiger partial charge in [0.05, 0.1) is 12.3 Å². The molecule has 1 aromatic carbocycles. The molecular weight excluding hydrogens is 308 g/mol. The Balaban J connectivity index is 1.61. The molecule has 23 heavy (non-hydrogen) atoms. The molecule has 0 bridgehead atoms. The van der Waals surface area contributed by atoms with Gasteiger partial charge in [-0.3, -0.25) is 0 Å². The van der Waals surface area contributed by atoms with E-state index in [2.05, 4.69) is 23.6 Å². The monoisotopic (exact) mass is 334 g/mol. The Kier molecular flexibility index (Phi) is 5.86. The van der Waals surface area contributed by atoms with Gasteiger partial charge in [-0.2, -0.15) is 0 Å². The van der Waals surface area contributed by atoms with Gasteiger partial charge in [-0.25, -0.2) is 0 Å². The van der Waals surface area contributed by atoms with E-state index >= 15 is 0 Å². The van der Waals surface area contributed by atoms with Crippen molar-refractivity contribution in [3.8, 4) is 5.75 Å². The molecule has 2 aliphatic heterocycles. The van der Waals surface area contributed by atoms with Crippen molar-refractivity contribution in [1.29, 1.82) is 0 Å². The first-order valence-electron chi connectivity index (χ1n) is 8.50. The number of allylic oxidation sites excluding steroid dienone is 1. The third-order valence-electron chi connectivity index (χ3n) is 4.26. The molecule has 2 atom stereocenters. The third-order valence-corrected chi connectivity index (χ3v) is 5.34. The summed E-state index contributed by atoms with van der Waals surface area (Å²) in [4.78, 5) is 3.48. The zero-order valence-corrected chi connectivity index (χ0v) is 14.4. The van der Waals surface area contributed by atoms with Crippen LogP contribution in [-0.2, 0) is 4.74 Å². The summed E-state index contributed by atoms with van der Waals surface area (Å²) < 4.78 is 11.6. The summed E-state index contributed by atoms with van der Waals surface area (Å²) in [6.07, 6.45) is 8.52. The maximum Gasteiger partial charge on any atom is 0.199 e. The highest BCUT2D eigenvalue weighted by atomic mass is 32.2. The number of benzene rings is 1. The minimum Gasteiger partial charge on any atom is -0.465 e. The summed E-state index contributed by atoms with van der Waals surface area (Å²) in [7, 11) is 0. The topological polar surface area (TPSA) is 47.7 Å². The highest BCUT2D eigenvalue weighted by molar-refractivity contribution is 8.00. The quantitative estimate of drug-likeness (QED) is 0.601. The normalized spacial score (nSPS) is 23.6. The zero-order valence-electron chi connectivity index (χ0n) is 13.6. The molecule has 1 aromatic rings. The second-order valence-electron chi connectivity index (χ2n) is 6.03. The van der Waals surface area contributed by atoms with Gasteiger partial charge in [-0.05, 0) is 50.3 Å². The Hall–Kier alpha value is -1.17. The molecule has 5 heteroatoms. The molecular formula is C18H26N2O2S. The minimum absolute atomic E-state index is 0.00471. The van der Waals surface area contributed by atoms with E-state index in [4.69, 9.17) is 15.2 Å². The Morgan fingerprint density at radius 3 is 3.09 bits per heavy atom. The predicted octanol–water partition coefficient (Wildman–Crippen LogP) is 4.10. The number of unbranched alkanes of at least 4 members (excludes halogenated alkanes) is 2. The van der Waals surface area contributed by atoms with E-state index in [1.54, 1.807) is 11.8 Å². The number of thioether (sulfide) groups is 1. The van der Waals surface area contributed by atoms with Crippen LogP contribution in [0.1, 0.15) is 38.5 Å². The van der Waals surface area contributed by atoms with E-state index in [0.29, 0.717) is 0 Å². The number of ether oxygens (including phenoxy) is 2. The maximum atomic E-state index is 6.28. The molecule has 0 saturated carbocycles. The molecule has 2 N–H and O–H groups in total. The summed E-state index contributed by atoms with van der Waals surface area (Å²) in [6.45, 7) is 5.56. The summed E-state index contributed by atoms with van der Waals surface area (Å²) in [5, 5.41) is 0. The standard InChI is InChI=1S/C18H26N2O2S/c1-2-3-4-6-11-20-15-10-9-14(13-16(15)23-18(20)19)22-17-8-5-7-12-21-17/h2,9-10,13,17-18H,1,3-8,11-12,19H2. The first-order chi connectivity index (χ1) is 11.3. The van der Waals surface area contributed by atoms with Crippen molar-refractivity contribution in [1.82, 2.24) is 0 Å². The Labute approximate surface area is 143 Å². The van der Waals surface area contributed by atoms with E-state index in [-0.39, 0.29) is 11.8 Å². The largest absolute Gasteiger partial charge is 0.465 e. The van der Waals surface area contributed by atoms with Crippen LogP contribution < -0.4 is 15.4 Å². The smallest absolute Gasteiger partial charge is 0.199 e. The van der Waals surface area contributed by atoms with E-state index < -0.39 is 0 Å². The van der Waals surface area contributed by atoms with E-state index in [0.717, 1.165) is 51.0 Å². The molecule has 0 amide bonds. The molecule has 0 aliphatic carbocycles. The maximum absolute atomic E-state index is 6.28. The summed E-state index contributed by atoms with van der Waals surface area (Å²) in [5.41, 5.74) is 7.50. The van der Waals surface area contributed by atoms with Gasteiger partial charge >= 0.3 is 0 Å². The molecule has 2 unspecified atom stereocenters. The average Bonchev–Trinajstić information content (AvgIpc) is 2.87. The van der Waals surface area contributed by atoms with Crippen molar-refractivity contribution in [2.24, 2.45) is 5.73 Å². The molecule has 0 spiro atoms. The SMILES string of the molecule is C=CCCCCN1c2ccc(OC3CCCCO3)cc2SC1N. The van der Waals surface area contributed by atoms with Gasteiger partial charge in [0, 0.05) is 17.9 Å². The van der Waals surface area contributed by atoms with Gasteiger partial charge in [-0.15, -0.1) is 6.58 Å². The lowest BCUT2D eigenvalue weighted by molar-refractivity contribution is -0.106. The van der Waals surface area contributed by atoms with Crippen LogP contribution in [-0.4, -0.2) is 24.9 Å². The molecule has 2 heterocycles. The van der Waals surface area contributed by atoms with Crippen LogP contribution in [0.15, 0.2) is 35.7 Å². The number of nitrogens with zero attached hydrogens (tertiary/aromatic N) is 1. The van der Waals surface area contributed by atoms with Gasteiger partial charge < -0.3 is 20.1 Å². The molecule has 1 fully saturated rings. The Morgan fingerprint density at radius 2 is 2.30 bits per heavy atom. The van der Waals surface area contributed by atoms with Crippen LogP contribution in [0.3, 0.4) is 0 Å². The summed E-state index contributed by atoms with van der Waals surface area (Å²) in [6, 6.07) is 6.26. The van der Waals surface area contributed by atoms with Crippen molar-refractivity contribution >= 4 is 17.4 Å². The fourth-order valence-electron chi connectivity index (χ4n) is 3.00. The Morgan fingerprint density at radius 1 is 1.39 bits per heavy atom. The van der Waals surface area contributed by atoms with Crippen molar-refractivity contribution in [2.45, 2.75) is 55.2 Å². The van der Waals surface area contributed by atoms with Crippen LogP contribution in [0.4, 0.5) is 5.69 Å². The van der Waals surface area contributed by atoms with Gasteiger partial charge in [0.2, 0.25) is 0 Å². The van der Waals surface area contributed by atoms with Crippen molar-refractivity contribution < 1.29 is 9.47 Å². The number of fused-ring (bicyclic) bond motifs is 1. The summed E-state index contributed by atoms with van der Waals surface area (Å²) in [5.74, 6) is 0.879. The highest BCUT2D eigenvalue weighted by Crippen LogP contribution is 2.43. The number of nitrogens with two attached hydrogens (primary N) is 1. The highest BCUT2D eigenvalue weighted by Gasteiger charge is 2.27. The van der Waals surface area contributed by atoms with Crippen molar-refractivity contribution in [3.05, 3.63) is 30.9 Å². The van der Waals surface area contributed by atoms with Crippen LogP contribution in [0.5, 0.6) is 5.75 Å². The molecule has 126 valence electrons. The van der Waals surface area contributed by atoms with E-state index in [1.165, 1.54) is 17.0 Å². The van der Waals surface area contributed by atoms with Crippen LogP contribution in [0.2, 0.25) is 0 Å². The molecule has 0 aromatic heterocycles. The molecule has 3 rings (SSSR count). The number of hydrogen-bond acceptors (Lipinski definition) is 5. The molecule has 1 saturated heterocycles. The van der Waals surface area contributed by atoms with Gasteiger partial charge in [-0.1, -0.05) is 17.8 Å². The van der Waals surface area contributed by atoms with Gasteiger partial charge in [0.15, 0.2) is 6.29 Å². The van der Waals surface area contributed by atoms with Crippen LogP contribution >= 0.6 is 11.8 Å². The lowest BCUT2D eigenvalue weighted by Crippen LogP contribution is -2.36. The molecule has 0 radical (unpaired) electrons. The third kappa shape index (κ3) is 4.22. The van der Waals surface area contributed by atoms with Crippen LogP contribution in [0, 0.1) is 0 Å². The fourth-order valence-corrected chi connectivity index (χ4v) is 4.10. The number of anilines is 1. The number of hydrogen-bond donors (Lipinski definition) is 1. The van der Waals surface area contributed by atoms with Gasteiger partial charge in [0.1, 0.15) is 11.2 Å². The summed E-state index contributed by atoms with van der Waals surface area (Å²) >= 11 is 1.70. The van der Waals surface area contributed by atoms with E-state index in [9.17, 15) is 0 Å². The second kappa shape index (κ2) is 8.08. The van der Waals surface area contributed by atoms with Crippen molar-refractivity contribution in [2.75, 3.05) is 18.1 Å². The Bertz CT molecular complexity index is 532. The minimum atomic E-state index is -0.100. The zero-order chi connectivity index (χ0) is 16.1. The van der Waals surface area contributed by atoms with Gasteiger partial charge in [0.25, 0.3) is 0 Å². The second-order valence-corrected chi connectivity index (χ2v) is 7.19. The molecule has 2 aliphatic rings. The lowest BCUT2D eigenvalue weighted by atomic mass is 10.2. The lowest BCUT2D eigenvalue weighted by Gasteiger charge is -2.24. The first-order valence-corrected chi connectivity index (χ1v) is 9.38. The fraction of sp³-hybridized carbons (Fsp3) is 0.556. The molecule has 4 nitrogen and oxygen atoms in total. The van der Waals surface area contributed by atoms with E-state index in [1.807, 2.05) is 12.1 Å².